The molecule has 0 aliphatic heterocycles. The Hall–Kier alpha value is -3.93. The fourth-order valence-corrected chi connectivity index (χ4v) is 3.01. The maximum atomic E-state index is 11.3. The highest BCUT2D eigenvalue weighted by Gasteiger charge is 2.14. The quantitative estimate of drug-likeness (QED) is 0.584. The Bertz CT molecular complexity index is 1070. The Kier molecular flexibility index (Phi) is 3.93. The first-order valence-corrected chi connectivity index (χ1v) is 8.26. The fourth-order valence-electron chi connectivity index (χ4n) is 3.01. The van der Waals surface area contributed by atoms with Gasteiger partial charge >= 0.3 is 5.97 Å². The first-order valence-electron chi connectivity index (χ1n) is 8.26. The molecule has 0 bridgehead atoms. The van der Waals surface area contributed by atoms with Crippen molar-refractivity contribution in [3.63, 3.8) is 0 Å². The van der Waals surface area contributed by atoms with Crippen LogP contribution in [0.1, 0.15) is 20.7 Å². The first-order chi connectivity index (χ1) is 13.0. The van der Waals surface area contributed by atoms with Crippen molar-refractivity contribution in [2.75, 3.05) is 0 Å². The average molecular weight is 357 g/mol. The van der Waals surface area contributed by atoms with Gasteiger partial charge in [-0.1, -0.05) is 30.3 Å². The van der Waals surface area contributed by atoms with Crippen LogP contribution in [-0.4, -0.2) is 26.8 Å². The maximum Gasteiger partial charge on any atom is 0.335 e. The van der Waals surface area contributed by atoms with Crippen LogP contribution in [0.4, 0.5) is 0 Å². The van der Waals surface area contributed by atoms with Crippen LogP contribution in [0.3, 0.4) is 0 Å². The molecule has 27 heavy (non-hydrogen) atoms. The number of carboxylic acid groups (broad SMARTS) is 1. The van der Waals surface area contributed by atoms with Gasteiger partial charge in [0.2, 0.25) is 5.91 Å². The van der Waals surface area contributed by atoms with Crippen LogP contribution in [0.25, 0.3) is 27.8 Å². The van der Waals surface area contributed by atoms with Crippen molar-refractivity contribution in [3.05, 3.63) is 83.9 Å². The van der Waals surface area contributed by atoms with Gasteiger partial charge in [0.15, 0.2) is 0 Å². The summed E-state index contributed by atoms with van der Waals surface area (Å²) in [5.41, 5.74) is 9.23. The van der Waals surface area contributed by atoms with E-state index in [1.54, 1.807) is 53.2 Å². The molecule has 0 atom stereocenters. The number of carbonyl (C=O) groups excluding carboxylic acids is 1. The summed E-state index contributed by atoms with van der Waals surface area (Å²) < 4.78 is 1.79. The van der Waals surface area contributed by atoms with Crippen molar-refractivity contribution < 1.29 is 14.7 Å². The van der Waals surface area contributed by atoms with E-state index in [1.807, 2.05) is 24.3 Å². The lowest BCUT2D eigenvalue weighted by molar-refractivity contribution is 0.0696. The third kappa shape index (κ3) is 2.93. The molecule has 0 aliphatic carbocycles. The lowest BCUT2D eigenvalue weighted by atomic mass is 10.1. The molecule has 4 aromatic rings. The van der Waals surface area contributed by atoms with E-state index in [1.165, 1.54) is 0 Å². The highest BCUT2D eigenvalue weighted by molar-refractivity contribution is 5.96. The number of hydrogen-bond donors (Lipinski definition) is 2. The second-order valence-corrected chi connectivity index (χ2v) is 6.07. The van der Waals surface area contributed by atoms with Gasteiger partial charge in [0.1, 0.15) is 5.69 Å². The lowest BCUT2D eigenvalue weighted by Crippen LogP contribution is -2.10. The zero-order valence-electron chi connectivity index (χ0n) is 14.2. The number of nitrogens with two attached hydrogens (primary N) is 1. The molecule has 1 amide bonds. The molecular weight excluding hydrogens is 342 g/mol. The summed E-state index contributed by atoms with van der Waals surface area (Å²) in [6.45, 7) is 0. The summed E-state index contributed by atoms with van der Waals surface area (Å²) in [6, 6.07) is 21.3. The van der Waals surface area contributed by atoms with Crippen molar-refractivity contribution in [3.8, 4) is 16.9 Å². The number of aromatic nitrogens is 2. The predicted octanol–water partition coefficient (Wildman–Crippen LogP) is 3.49. The van der Waals surface area contributed by atoms with E-state index >= 15 is 0 Å². The van der Waals surface area contributed by atoms with E-state index in [4.69, 9.17) is 15.9 Å². The van der Waals surface area contributed by atoms with Gasteiger partial charge in [0.25, 0.3) is 0 Å². The zero-order valence-corrected chi connectivity index (χ0v) is 14.2. The van der Waals surface area contributed by atoms with Crippen LogP contribution in [0, 0.1) is 0 Å². The van der Waals surface area contributed by atoms with Crippen LogP contribution in [-0.2, 0) is 0 Å². The number of benzene rings is 3. The summed E-state index contributed by atoms with van der Waals surface area (Å²) in [6.07, 6.45) is 0. The van der Waals surface area contributed by atoms with Crippen molar-refractivity contribution in [1.29, 1.82) is 0 Å². The zero-order chi connectivity index (χ0) is 19.0. The number of carbonyl (C=O) groups is 2. The van der Waals surface area contributed by atoms with E-state index in [0.29, 0.717) is 5.56 Å². The number of primary amides is 1. The molecule has 0 spiro atoms. The Morgan fingerprint density at radius 2 is 1.48 bits per heavy atom. The molecule has 1 aromatic heterocycles. The van der Waals surface area contributed by atoms with Crippen LogP contribution in [0.2, 0.25) is 0 Å². The van der Waals surface area contributed by atoms with Crippen molar-refractivity contribution in [2.45, 2.75) is 0 Å². The van der Waals surface area contributed by atoms with Gasteiger partial charge in [-0.25, -0.2) is 9.48 Å². The lowest BCUT2D eigenvalue weighted by Gasteiger charge is -2.04. The van der Waals surface area contributed by atoms with Gasteiger partial charge < -0.3 is 10.8 Å². The normalized spacial score (nSPS) is 10.8. The Morgan fingerprint density at radius 3 is 2.11 bits per heavy atom. The second kappa shape index (κ2) is 6.42. The molecular formula is C21H15N3O3. The van der Waals surface area contributed by atoms with E-state index in [2.05, 4.69) is 0 Å². The largest absolute Gasteiger partial charge is 0.478 e. The van der Waals surface area contributed by atoms with Gasteiger partial charge in [0.05, 0.1) is 16.8 Å². The van der Waals surface area contributed by atoms with Crippen molar-refractivity contribution in [2.24, 2.45) is 5.73 Å². The molecule has 3 aromatic carbocycles. The molecule has 3 N–H and O–H groups in total. The maximum absolute atomic E-state index is 11.3. The molecule has 0 saturated carbocycles. The molecule has 0 unspecified atom stereocenters. The highest BCUT2D eigenvalue weighted by Crippen LogP contribution is 2.30. The molecule has 0 fully saturated rings. The van der Waals surface area contributed by atoms with E-state index < -0.39 is 11.9 Å². The van der Waals surface area contributed by atoms with Gasteiger partial charge in [-0.05, 0) is 42.5 Å². The summed E-state index contributed by atoms with van der Waals surface area (Å²) in [5, 5.41) is 14.8. The minimum absolute atomic E-state index is 0.226. The van der Waals surface area contributed by atoms with Gasteiger partial charge in [-0.2, -0.15) is 5.10 Å². The minimum Gasteiger partial charge on any atom is -0.478 e. The van der Waals surface area contributed by atoms with Gasteiger partial charge in [0, 0.05) is 16.5 Å². The van der Waals surface area contributed by atoms with Crippen LogP contribution in [0.15, 0.2) is 72.8 Å². The van der Waals surface area contributed by atoms with E-state index in [9.17, 15) is 9.59 Å². The van der Waals surface area contributed by atoms with Crippen molar-refractivity contribution >= 4 is 22.8 Å². The van der Waals surface area contributed by atoms with E-state index in [0.717, 1.165) is 27.8 Å². The predicted molar refractivity (Wildman–Crippen MR) is 102 cm³/mol. The Balaban J connectivity index is 1.86. The number of rotatable bonds is 4. The third-order valence-corrected chi connectivity index (χ3v) is 4.39. The number of fused-ring (bicyclic) bond motifs is 1. The molecule has 4 rings (SSSR count). The number of nitrogens with zero attached hydrogens (tertiary/aromatic N) is 2. The van der Waals surface area contributed by atoms with Crippen LogP contribution < -0.4 is 5.73 Å². The average Bonchev–Trinajstić information content (AvgIpc) is 3.08. The smallest absolute Gasteiger partial charge is 0.335 e. The summed E-state index contributed by atoms with van der Waals surface area (Å²) >= 11 is 0. The fraction of sp³-hybridized carbons (Fsp3) is 0. The highest BCUT2D eigenvalue weighted by atomic mass is 16.4. The number of carboxylic acids is 1. The molecule has 1 heterocycles. The monoisotopic (exact) mass is 357 g/mol. The molecule has 6 nitrogen and oxygen atoms in total. The molecule has 0 aliphatic rings. The van der Waals surface area contributed by atoms with Gasteiger partial charge in [-0.3, -0.25) is 4.79 Å². The topological polar surface area (TPSA) is 98.2 Å². The SMILES string of the molecule is NC(=O)c1ccc(-n2nc(-c3ccc(C(=O)O)cc3)c3ccccc32)cc1. The number of hydrogen-bond acceptors (Lipinski definition) is 3. The van der Waals surface area contributed by atoms with E-state index in [-0.39, 0.29) is 5.56 Å². The number of aromatic carboxylic acids is 1. The third-order valence-electron chi connectivity index (χ3n) is 4.39. The Labute approximate surface area is 154 Å². The summed E-state index contributed by atoms with van der Waals surface area (Å²) in [5.74, 6) is -1.45. The molecule has 0 saturated heterocycles. The molecule has 0 radical (unpaired) electrons. The van der Waals surface area contributed by atoms with Crippen LogP contribution >= 0.6 is 0 Å². The standard InChI is InChI=1S/C21H15N3O3/c22-20(25)14-9-11-16(12-10-14)24-18-4-2-1-3-17(18)19(23-24)13-5-7-15(8-6-13)21(26)27/h1-12H,(H2,22,25)(H,26,27). The molecule has 132 valence electrons. The summed E-state index contributed by atoms with van der Waals surface area (Å²) in [4.78, 5) is 22.4. The minimum atomic E-state index is -0.966. The summed E-state index contributed by atoms with van der Waals surface area (Å²) in [7, 11) is 0. The number of amides is 1. The van der Waals surface area contributed by atoms with Gasteiger partial charge in [-0.15, -0.1) is 0 Å². The first kappa shape index (κ1) is 16.5. The molecule has 6 heteroatoms. The second-order valence-electron chi connectivity index (χ2n) is 6.07. The Morgan fingerprint density at radius 1 is 0.852 bits per heavy atom. The number of para-hydroxylation sites is 1. The van der Waals surface area contributed by atoms with Crippen LogP contribution in [0.5, 0.6) is 0 Å². The van der Waals surface area contributed by atoms with Crippen molar-refractivity contribution in [1.82, 2.24) is 9.78 Å².